The van der Waals surface area contributed by atoms with Gasteiger partial charge in [0, 0.05) is 19.3 Å². The monoisotopic (exact) mass is 288 g/mol. The van der Waals surface area contributed by atoms with E-state index in [0.29, 0.717) is 13.2 Å². The van der Waals surface area contributed by atoms with Gasteiger partial charge in [-0.25, -0.2) is 4.79 Å². The summed E-state index contributed by atoms with van der Waals surface area (Å²) in [6.07, 6.45) is 6.48. The van der Waals surface area contributed by atoms with Crippen molar-refractivity contribution in [1.82, 2.24) is 0 Å². The van der Waals surface area contributed by atoms with Crippen LogP contribution in [0.1, 0.15) is 47.0 Å². The Morgan fingerprint density at radius 3 is 2.21 bits per heavy atom. The van der Waals surface area contributed by atoms with Crippen LogP contribution in [0.3, 0.4) is 0 Å². The van der Waals surface area contributed by atoms with Crippen LogP contribution in [0.15, 0.2) is 12.2 Å². The average Bonchev–Trinajstić information content (AvgIpc) is 2.41. The number of hydrogen-bond donors (Lipinski definition) is 0. The lowest BCUT2D eigenvalue weighted by Gasteiger charge is -2.29. The van der Waals surface area contributed by atoms with E-state index in [2.05, 4.69) is 6.92 Å². The van der Waals surface area contributed by atoms with Gasteiger partial charge in [-0.05, 0) is 26.3 Å². The Hall–Kier alpha value is -0.653. The van der Waals surface area contributed by atoms with E-state index in [-0.39, 0.29) is 12.2 Å². The molecular formula is C14H28O4Si. The molecule has 0 aliphatic carbocycles. The SMILES string of the molecule is CCC=CC(=O)OC[Si](CCCC)(OCC)OCC. The Balaban J connectivity index is 4.52. The standard InChI is InChI=1S/C14H28O4Si/c1-5-9-11-14(15)16-13-19(17-7-3,18-8-4)12-10-6-2/h9,11H,5-8,10,12-13H2,1-4H3. The number of ether oxygens (including phenoxy) is 1. The normalized spacial score (nSPS) is 12.0. The zero-order valence-electron chi connectivity index (χ0n) is 12.7. The summed E-state index contributed by atoms with van der Waals surface area (Å²) in [7, 11) is -2.40. The van der Waals surface area contributed by atoms with E-state index in [1.807, 2.05) is 20.8 Å². The van der Waals surface area contributed by atoms with Crippen LogP contribution in [-0.2, 0) is 18.4 Å². The van der Waals surface area contributed by atoms with E-state index in [4.69, 9.17) is 13.6 Å². The third kappa shape index (κ3) is 8.18. The highest BCUT2D eigenvalue weighted by molar-refractivity contribution is 6.67. The first-order valence-corrected chi connectivity index (χ1v) is 9.48. The van der Waals surface area contributed by atoms with Gasteiger partial charge in [-0.2, -0.15) is 0 Å². The van der Waals surface area contributed by atoms with Gasteiger partial charge in [0.15, 0.2) is 0 Å². The Bertz CT molecular complexity index is 260. The van der Waals surface area contributed by atoms with E-state index in [1.54, 1.807) is 6.08 Å². The van der Waals surface area contributed by atoms with Gasteiger partial charge in [0.2, 0.25) is 0 Å². The van der Waals surface area contributed by atoms with Crippen LogP contribution in [0.25, 0.3) is 0 Å². The van der Waals surface area contributed by atoms with Crippen LogP contribution in [0.4, 0.5) is 0 Å². The van der Waals surface area contributed by atoms with Gasteiger partial charge >= 0.3 is 14.5 Å². The molecule has 0 amide bonds. The van der Waals surface area contributed by atoms with Crippen LogP contribution < -0.4 is 0 Å². The van der Waals surface area contributed by atoms with Crippen LogP contribution in [0, 0.1) is 0 Å². The molecule has 0 fully saturated rings. The number of rotatable bonds is 11. The minimum Gasteiger partial charge on any atom is -0.461 e. The lowest BCUT2D eigenvalue weighted by Crippen LogP contribution is -2.48. The predicted octanol–water partition coefficient (Wildman–Crippen LogP) is 3.35. The van der Waals surface area contributed by atoms with Crippen molar-refractivity contribution in [3.05, 3.63) is 12.2 Å². The average molecular weight is 288 g/mol. The first kappa shape index (κ1) is 18.3. The molecule has 0 aromatic carbocycles. The molecule has 0 aromatic heterocycles. The zero-order valence-corrected chi connectivity index (χ0v) is 13.7. The fraction of sp³-hybridized carbons (Fsp3) is 0.786. The highest BCUT2D eigenvalue weighted by atomic mass is 28.4. The maximum Gasteiger partial charge on any atom is 0.377 e. The van der Waals surface area contributed by atoms with Crippen LogP contribution >= 0.6 is 0 Å². The summed E-state index contributed by atoms with van der Waals surface area (Å²) < 4.78 is 17.0. The summed E-state index contributed by atoms with van der Waals surface area (Å²) in [5.41, 5.74) is 0. The van der Waals surface area contributed by atoms with Crippen LogP contribution in [0.2, 0.25) is 6.04 Å². The van der Waals surface area contributed by atoms with Crippen molar-refractivity contribution in [2.45, 2.75) is 53.0 Å². The molecule has 0 aliphatic heterocycles. The van der Waals surface area contributed by atoms with E-state index in [1.165, 1.54) is 6.08 Å². The highest BCUT2D eigenvalue weighted by Gasteiger charge is 2.38. The molecule has 0 bridgehead atoms. The number of carbonyl (C=O) groups is 1. The first-order chi connectivity index (χ1) is 9.14. The minimum absolute atomic E-state index is 0.279. The molecule has 0 radical (unpaired) electrons. The molecule has 4 nitrogen and oxygen atoms in total. The molecule has 19 heavy (non-hydrogen) atoms. The lowest BCUT2D eigenvalue weighted by atomic mass is 10.4. The third-order valence-electron chi connectivity index (χ3n) is 2.65. The van der Waals surface area contributed by atoms with E-state index in [9.17, 15) is 4.79 Å². The maximum absolute atomic E-state index is 11.5. The summed E-state index contributed by atoms with van der Waals surface area (Å²) in [6.45, 7) is 9.20. The van der Waals surface area contributed by atoms with Gasteiger partial charge < -0.3 is 13.6 Å². The molecule has 5 heteroatoms. The molecule has 0 rings (SSSR count). The fourth-order valence-electron chi connectivity index (χ4n) is 1.76. The van der Waals surface area contributed by atoms with E-state index < -0.39 is 8.56 Å². The summed E-state index contributed by atoms with van der Waals surface area (Å²) in [6, 6.07) is 0.871. The minimum atomic E-state index is -2.40. The molecular weight excluding hydrogens is 260 g/mol. The van der Waals surface area contributed by atoms with Crippen molar-refractivity contribution >= 4 is 14.5 Å². The van der Waals surface area contributed by atoms with E-state index in [0.717, 1.165) is 25.3 Å². The van der Waals surface area contributed by atoms with E-state index >= 15 is 0 Å². The van der Waals surface area contributed by atoms with Crippen molar-refractivity contribution in [2.75, 3.05) is 19.4 Å². The smallest absolute Gasteiger partial charge is 0.377 e. The zero-order chi connectivity index (χ0) is 14.6. The largest absolute Gasteiger partial charge is 0.461 e. The second-order valence-corrected chi connectivity index (χ2v) is 7.49. The number of carbonyl (C=O) groups excluding carboxylic acids is 1. The summed E-state index contributed by atoms with van der Waals surface area (Å²) >= 11 is 0. The Morgan fingerprint density at radius 1 is 1.11 bits per heavy atom. The second kappa shape index (κ2) is 11.2. The summed E-state index contributed by atoms with van der Waals surface area (Å²) in [4.78, 5) is 11.5. The molecule has 0 N–H and O–H groups in total. The van der Waals surface area contributed by atoms with Crippen molar-refractivity contribution in [3.63, 3.8) is 0 Å². The van der Waals surface area contributed by atoms with Gasteiger partial charge in [-0.1, -0.05) is 32.8 Å². The van der Waals surface area contributed by atoms with Gasteiger partial charge in [-0.15, -0.1) is 0 Å². The first-order valence-electron chi connectivity index (χ1n) is 7.25. The molecule has 0 saturated carbocycles. The summed E-state index contributed by atoms with van der Waals surface area (Å²) in [5.74, 6) is -0.311. The fourth-order valence-corrected chi connectivity index (χ4v) is 4.75. The van der Waals surface area contributed by atoms with Crippen LogP contribution in [0.5, 0.6) is 0 Å². The van der Waals surface area contributed by atoms with Crippen molar-refractivity contribution in [2.24, 2.45) is 0 Å². The van der Waals surface area contributed by atoms with Gasteiger partial charge in [0.25, 0.3) is 0 Å². The lowest BCUT2D eigenvalue weighted by molar-refractivity contribution is -0.136. The molecule has 0 saturated heterocycles. The van der Waals surface area contributed by atoms with Gasteiger partial charge in [-0.3, -0.25) is 0 Å². The quantitative estimate of drug-likeness (QED) is 0.332. The molecule has 0 heterocycles. The number of allylic oxidation sites excluding steroid dienone is 1. The molecule has 0 unspecified atom stereocenters. The van der Waals surface area contributed by atoms with Crippen molar-refractivity contribution in [3.8, 4) is 0 Å². The molecule has 0 spiro atoms. The van der Waals surface area contributed by atoms with Crippen molar-refractivity contribution in [1.29, 1.82) is 0 Å². The van der Waals surface area contributed by atoms with Gasteiger partial charge in [0.05, 0.1) is 0 Å². The third-order valence-corrected chi connectivity index (χ3v) is 5.98. The summed E-state index contributed by atoms with van der Waals surface area (Å²) in [5, 5.41) is 0. The number of hydrogen-bond acceptors (Lipinski definition) is 4. The predicted molar refractivity (Wildman–Crippen MR) is 79.1 cm³/mol. The maximum atomic E-state index is 11.5. The highest BCUT2D eigenvalue weighted by Crippen LogP contribution is 2.18. The topological polar surface area (TPSA) is 44.8 Å². The second-order valence-electron chi connectivity index (χ2n) is 4.30. The van der Waals surface area contributed by atoms with Crippen LogP contribution in [-0.4, -0.2) is 34.0 Å². The molecule has 0 aromatic rings. The number of esters is 1. The molecule has 112 valence electrons. The molecule has 0 atom stereocenters. The van der Waals surface area contributed by atoms with Crippen molar-refractivity contribution < 1.29 is 18.4 Å². The van der Waals surface area contributed by atoms with Gasteiger partial charge in [0.1, 0.15) is 6.23 Å². The Morgan fingerprint density at radius 2 is 1.74 bits per heavy atom. The number of unbranched alkanes of at least 4 members (excludes halogenated alkanes) is 1. The molecule has 0 aliphatic rings. The Kier molecular flexibility index (Phi) is 10.8. The Labute approximate surface area is 118 Å².